The number of hydrogen-bond acceptors (Lipinski definition) is 5. The third-order valence-electron chi connectivity index (χ3n) is 5.11. The fraction of sp³-hybridized carbons (Fsp3) is 0.625. The molecule has 7 heteroatoms. The van der Waals surface area contributed by atoms with Gasteiger partial charge in [0.05, 0.1) is 10.2 Å². The summed E-state index contributed by atoms with van der Waals surface area (Å²) in [6.45, 7) is 4.73. The molecule has 4 nitrogen and oxygen atoms in total. The maximum absolute atomic E-state index is 4.56. The van der Waals surface area contributed by atoms with Crippen molar-refractivity contribution in [3.05, 3.63) is 17.8 Å². The average molecular weight is 375 g/mol. The molecule has 0 atom stereocenters. The van der Waals surface area contributed by atoms with Crippen LogP contribution < -0.4 is 10.2 Å². The number of anilines is 1. The van der Waals surface area contributed by atoms with E-state index in [4.69, 9.17) is 0 Å². The Morgan fingerprint density at radius 1 is 1.00 bits per heavy atom. The SMILES string of the molecule is Cl.Cl.c1nc(N2CCC(C3CCNCC3)CC2)c2sccc2n1. The summed E-state index contributed by atoms with van der Waals surface area (Å²) in [5.74, 6) is 3.02. The van der Waals surface area contributed by atoms with Crippen molar-refractivity contribution in [2.24, 2.45) is 11.8 Å². The summed E-state index contributed by atoms with van der Waals surface area (Å²) < 4.78 is 1.25. The minimum Gasteiger partial charge on any atom is -0.355 e. The van der Waals surface area contributed by atoms with E-state index in [-0.39, 0.29) is 24.8 Å². The van der Waals surface area contributed by atoms with Crippen molar-refractivity contribution in [3.63, 3.8) is 0 Å². The van der Waals surface area contributed by atoms with Gasteiger partial charge in [-0.3, -0.25) is 0 Å². The second-order valence-electron chi connectivity index (χ2n) is 6.24. The number of hydrogen-bond donors (Lipinski definition) is 1. The highest BCUT2D eigenvalue weighted by Crippen LogP contribution is 2.34. The summed E-state index contributed by atoms with van der Waals surface area (Å²) in [5.41, 5.74) is 1.09. The molecule has 0 amide bonds. The molecule has 0 spiro atoms. The average Bonchev–Trinajstić information content (AvgIpc) is 3.04. The van der Waals surface area contributed by atoms with Crippen molar-refractivity contribution < 1.29 is 0 Å². The van der Waals surface area contributed by atoms with Crippen molar-refractivity contribution in [2.45, 2.75) is 25.7 Å². The van der Waals surface area contributed by atoms with Crippen LogP contribution >= 0.6 is 36.2 Å². The molecule has 2 aromatic heterocycles. The van der Waals surface area contributed by atoms with Crippen molar-refractivity contribution in [1.29, 1.82) is 0 Å². The predicted molar refractivity (Wildman–Crippen MR) is 102 cm³/mol. The highest BCUT2D eigenvalue weighted by molar-refractivity contribution is 7.17. The van der Waals surface area contributed by atoms with E-state index in [0.717, 1.165) is 36.3 Å². The third-order valence-corrected chi connectivity index (χ3v) is 6.01. The lowest BCUT2D eigenvalue weighted by molar-refractivity contribution is 0.222. The molecule has 1 N–H and O–H groups in total. The molecule has 0 aromatic carbocycles. The van der Waals surface area contributed by atoms with Crippen LogP contribution in [-0.4, -0.2) is 36.1 Å². The Hall–Kier alpha value is -0.620. The van der Waals surface area contributed by atoms with Crippen molar-refractivity contribution in [3.8, 4) is 0 Å². The number of piperidine rings is 2. The van der Waals surface area contributed by atoms with Gasteiger partial charge in [0.15, 0.2) is 0 Å². The van der Waals surface area contributed by atoms with Gasteiger partial charge in [0.2, 0.25) is 0 Å². The van der Waals surface area contributed by atoms with Crippen LogP contribution in [0.1, 0.15) is 25.7 Å². The van der Waals surface area contributed by atoms with E-state index in [0.29, 0.717) is 0 Å². The zero-order valence-electron chi connectivity index (χ0n) is 13.1. The second-order valence-corrected chi connectivity index (χ2v) is 7.16. The van der Waals surface area contributed by atoms with Gasteiger partial charge in [0.25, 0.3) is 0 Å². The maximum Gasteiger partial charge on any atom is 0.150 e. The number of aromatic nitrogens is 2. The predicted octanol–water partition coefficient (Wildman–Crippen LogP) is 3.75. The lowest BCUT2D eigenvalue weighted by atomic mass is 9.79. The number of halogens is 2. The zero-order chi connectivity index (χ0) is 14.1. The van der Waals surface area contributed by atoms with E-state index in [1.54, 1.807) is 17.7 Å². The molecule has 4 rings (SSSR count). The fourth-order valence-corrected chi connectivity index (χ4v) is 4.76. The monoisotopic (exact) mass is 374 g/mol. The van der Waals surface area contributed by atoms with Crippen molar-refractivity contribution in [2.75, 3.05) is 31.1 Å². The first-order valence-electron chi connectivity index (χ1n) is 8.05. The Labute approximate surface area is 153 Å². The molecule has 0 bridgehead atoms. The summed E-state index contributed by atoms with van der Waals surface area (Å²) in [4.78, 5) is 11.4. The smallest absolute Gasteiger partial charge is 0.150 e. The molecule has 2 aliphatic rings. The first-order valence-corrected chi connectivity index (χ1v) is 8.93. The summed E-state index contributed by atoms with van der Waals surface area (Å²) in [7, 11) is 0. The van der Waals surface area contributed by atoms with Crippen molar-refractivity contribution in [1.82, 2.24) is 15.3 Å². The highest BCUT2D eigenvalue weighted by Gasteiger charge is 2.28. The first kappa shape index (κ1) is 18.7. The molecule has 2 fully saturated rings. The molecule has 0 unspecified atom stereocenters. The Bertz CT molecular complexity index is 607. The van der Waals surface area contributed by atoms with Gasteiger partial charge in [-0.2, -0.15) is 0 Å². The quantitative estimate of drug-likeness (QED) is 0.868. The number of fused-ring (bicyclic) bond motifs is 1. The number of rotatable bonds is 2. The van der Waals surface area contributed by atoms with Gasteiger partial charge in [-0.25, -0.2) is 9.97 Å². The molecule has 4 heterocycles. The summed E-state index contributed by atoms with van der Waals surface area (Å²) in [5, 5.41) is 5.60. The van der Waals surface area contributed by atoms with E-state index in [2.05, 4.69) is 31.6 Å². The van der Waals surface area contributed by atoms with Crippen molar-refractivity contribution >= 4 is 52.2 Å². The number of nitrogens with one attached hydrogen (secondary N) is 1. The minimum absolute atomic E-state index is 0. The van der Waals surface area contributed by atoms with Crippen LogP contribution in [0.15, 0.2) is 17.8 Å². The van der Waals surface area contributed by atoms with Gasteiger partial charge in [0.1, 0.15) is 12.1 Å². The normalized spacial score (nSPS) is 20.1. The van der Waals surface area contributed by atoms with E-state index in [1.165, 1.54) is 43.5 Å². The van der Waals surface area contributed by atoms with Gasteiger partial charge in [-0.15, -0.1) is 36.2 Å². The lowest BCUT2D eigenvalue weighted by Gasteiger charge is -2.38. The van der Waals surface area contributed by atoms with Gasteiger partial charge in [0, 0.05) is 13.1 Å². The summed E-state index contributed by atoms with van der Waals surface area (Å²) >= 11 is 1.76. The Morgan fingerprint density at radius 2 is 1.70 bits per heavy atom. The standard InChI is InChI=1S/C16H22N4S.2ClH/c1-6-17-7-2-12(1)13-3-8-20(9-4-13)16-15-14(5-10-21-15)18-11-19-16;;/h5,10-13,17H,1-4,6-9H2;2*1H. The largest absolute Gasteiger partial charge is 0.355 e. The molecule has 2 aliphatic heterocycles. The molecule has 2 saturated heterocycles. The number of thiophene rings is 1. The molecule has 2 aromatic rings. The molecule has 0 saturated carbocycles. The van der Waals surface area contributed by atoms with Crippen LogP contribution in [0.4, 0.5) is 5.82 Å². The fourth-order valence-electron chi connectivity index (χ4n) is 3.90. The van der Waals surface area contributed by atoms with Gasteiger partial charge >= 0.3 is 0 Å². The first-order chi connectivity index (χ1) is 10.4. The molecular weight excluding hydrogens is 351 g/mol. The number of nitrogens with zero attached hydrogens (tertiary/aromatic N) is 3. The van der Waals surface area contributed by atoms with Crippen LogP contribution in [-0.2, 0) is 0 Å². The van der Waals surface area contributed by atoms with Crippen LogP contribution in [0.2, 0.25) is 0 Å². The molecule has 23 heavy (non-hydrogen) atoms. The van der Waals surface area contributed by atoms with Gasteiger partial charge in [-0.1, -0.05) is 0 Å². The maximum atomic E-state index is 4.56. The third kappa shape index (κ3) is 3.90. The van der Waals surface area contributed by atoms with E-state index in [1.807, 2.05) is 0 Å². The summed E-state index contributed by atoms with van der Waals surface area (Å²) in [6, 6.07) is 2.09. The van der Waals surface area contributed by atoms with Crippen LogP contribution in [0.3, 0.4) is 0 Å². The van der Waals surface area contributed by atoms with Crippen LogP contribution in [0.25, 0.3) is 10.2 Å². The Balaban J connectivity index is 0.000000960. The van der Waals surface area contributed by atoms with Crippen LogP contribution in [0, 0.1) is 11.8 Å². The second kappa shape index (κ2) is 8.47. The van der Waals surface area contributed by atoms with Gasteiger partial charge < -0.3 is 10.2 Å². The lowest BCUT2D eigenvalue weighted by Crippen LogP contribution is -2.39. The molecule has 0 aliphatic carbocycles. The highest BCUT2D eigenvalue weighted by atomic mass is 35.5. The topological polar surface area (TPSA) is 41.1 Å². The Kier molecular flexibility index (Phi) is 6.89. The molecular formula is C16H24Cl2N4S. The van der Waals surface area contributed by atoms with E-state index >= 15 is 0 Å². The zero-order valence-corrected chi connectivity index (χ0v) is 15.6. The Morgan fingerprint density at radius 3 is 2.43 bits per heavy atom. The van der Waals surface area contributed by atoms with Gasteiger partial charge in [-0.05, 0) is 62.1 Å². The summed E-state index contributed by atoms with van der Waals surface area (Å²) in [6.07, 6.45) is 7.09. The van der Waals surface area contributed by atoms with Crippen LogP contribution in [0.5, 0.6) is 0 Å². The van der Waals surface area contributed by atoms with E-state index in [9.17, 15) is 0 Å². The molecule has 0 radical (unpaired) electrons. The van der Waals surface area contributed by atoms with E-state index < -0.39 is 0 Å². The molecule has 128 valence electrons. The minimum atomic E-state index is 0.